The van der Waals surface area contributed by atoms with Crippen LogP contribution in [0.3, 0.4) is 0 Å². The smallest absolute Gasteiger partial charge is 0.175 e. The van der Waals surface area contributed by atoms with Crippen LogP contribution in [0.1, 0.15) is 19.4 Å². The normalized spacial score (nSPS) is 12.8. The van der Waals surface area contributed by atoms with Crippen LogP contribution in [-0.2, 0) is 16.3 Å². The van der Waals surface area contributed by atoms with Crippen molar-refractivity contribution in [1.82, 2.24) is 0 Å². The van der Waals surface area contributed by atoms with Gasteiger partial charge in [0.15, 0.2) is 9.84 Å². The summed E-state index contributed by atoms with van der Waals surface area (Å²) in [5.74, 6) is 0. The van der Waals surface area contributed by atoms with Crippen LogP contribution in [0.4, 0.5) is 0 Å². The zero-order valence-corrected chi connectivity index (χ0v) is 11.2. The summed E-state index contributed by atoms with van der Waals surface area (Å²) >= 11 is 6.00. The zero-order chi connectivity index (χ0) is 12.6. The Morgan fingerprint density at radius 2 is 1.94 bits per heavy atom. The van der Waals surface area contributed by atoms with E-state index < -0.39 is 15.4 Å². The second kappa shape index (κ2) is 4.35. The van der Waals surface area contributed by atoms with Crippen molar-refractivity contribution in [3.05, 3.63) is 28.8 Å². The van der Waals surface area contributed by atoms with E-state index in [-0.39, 0.29) is 4.90 Å². The third-order valence-electron chi connectivity index (χ3n) is 2.09. The summed E-state index contributed by atoms with van der Waals surface area (Å²) in [6, 6.07) is 4.69. The Morgan fingerprint density at radius 1 is 1.38 bits per heavy atom. The topological polar surface area (TPSA) is 60.2 Å². The van der Waals surface area contributed by atoms with Crippen LogP contribution in [0, 0.1) is 0 Å². The molecule has 3 nitrogen and oxygen atoms in total. The Morgan fingerprint density at radius 3 is 2.38 bits per heavy atom. The molecular weight excluding hydrogens is 246 g/mol. The fraction of sp³-hybridized carbons (Fsp3) is 0.455. The van der Waals surface area contributed by atoms with Crippen molar-refractivity contribution in [2.24, 2.45) is 5.73 Å². The summed E-state index contributed by atoms with van der Waals surface area (Å²) in [5.41, 5.74) is 6.23. The fourth-order valence-corrected chi connectivity index (χ4v) is 2.26. The standard InChI is InChI=1S/C11H16ClNO2S/c1-11(2,13)7-8-6-9(16(3,14)15)4-5-10(8)12/h4-6H,7,13H2,1-3H3. The molecule has 0 aliphatic carbocycles. The van der Waals surface area contributed by atoms with Crippen molar-refractivity contribution < 1.29 is 8.42 Å². The number of hydrogen-bond acceptors (Lipinski definition) is 3. The molecule has 0 radical (unpaired) electrons. The lowest BCUT2D eigenvalue weighted by Gasteiger charge is -2.19. The maximum absolute atomic E-state index is 11.4. The van der Waals surface area contributed by atoms with Crippen LogP contribution in [0.2, 0.25) is 5.02 Å². The van der Waals surface area contributed by atoms with Crippen molar-refractivity contribution >= 4 is 21.4 Å². The van der Waals surface area contributed by atoms with Gasteiger partial charge in [-0.3, -0.25) is 0 Å². The minimum absolute atomic E-state index is 0.274. The molecule has 0 heterocycles. The maximum atomic E-state index is 11.4. The first-order chi connectivity index (χ1) is 7.09. The summed E-state index contributed by atoms with van der Waals surface area (Å²) in [6.07, 6.45) is 1.71. The monoisotopic (exact) mass is 261 g/mol. The van der Waals surface area contributed by atoms with Gasteiger partial charge in [-0.25, -0.2) is 8.42 Å². The molecule has 2 N–H and O–H groups in total. The Bertz CT molecular complexity index is 489. The molecule has 0 aliphatic rings. The van der Waals surface area contributed by atoms with Crippen molar-refractivity contribution in [2.75, 3.05) is 6.26 Å². The molecule has 0 saturated heterocycles. The molecule has 90 valence electrons. The van der Waals surface area contributed by atoms with Gasteiger partial charge in [-0.05, 0) is 44.0 Å². The van der Waals surface area contributed by atoms with Gasteiger partial charge >= 0.3 is 0 Å². The lowest BCUT2D eigenvalue weighted by atomic mass is 9.96. The lowest BCUT2D eigenvalue weighted by Crippen LogP contribution is -2.34. The van der Waals surface area contributed by atoms with Gasteiger partial charge in [0.2, 0.25) is 0 Å². The Balaban J connectivity index is 3.20. The molecule has 0 unspecified atom stereocenters. The van der Waals surface area contributed by atoms with E-state index in [9.17, 15) is 8.42 Å². The summed E-state index contributed by atoms with van der Waals surface area (Å²) in [7, 11) is -3.20. The molecule has 0 saturated carbocycles. The summed E-state index contributed by atoms with van der Waals surface area (Å²) in [4.78, 5) is 0.274. The van der Waals surface area contributed by atoms with Crippen molar-refractivity contribution in [1.29, 1.82) is 0 Å². The molecule has 1 aromatic carbocycles. The summed E-state index contributed by atoms with van der Waals surface area (Å²) < 4.78 is 22.8. The van der Waals surface area contributed by atoms with Gasteiger partial charge in [0.25, 0.3) is 0 Å². The van der Waals surface area contributed by atoms with Crippen LogP contribution in [0.15, 0.2) is 23.1 Å². The summed E-state index contributed by atoms with van der Waals surface area (Å²) in [6.45, 7) is 3.74. The molecular formula is C11H16ClNO2S. The average Bonchev–Trinajstić information content (AvgIpc) is 2.04. The quantitative estimate of drug-likeness (QED) is 0.906. The molecule has 0 atom stereocenters. The minimum atomic E-state index is -3.20. The van der Waals surface area contributed by atoms with E-state index in [1.54, 1.807) is 12.1 Å². The van der Waals surface area contributed by atoms with Gasteiger partial charge < -0.3 is 5.73 Å². The van der Waals surface area contributed by atoms with Crippen molar-refractivity contribution in [3.8, 4) is 0 Å². The van der Waals surface area contributed by atoms with Crippen molar-refractivity contribution in [3.63, 3.8) is 0 Å². The highest BCUT2D eigenvalue weighted by molar-refractivity contribution is 7.90. The highest BCUT2D eigenvalue weighted by atomic mass is 35.5. The highest BCUT2D eigenvalue weighted by Crippen LogP contribution is 2.23. The van der Waals surface area contributed by atoms with Gasteiger partial charge in [0.1, 0.15) is 0 Å². The molecule has 0 amide bonds. The number of sulfone groups is 1. The SMILES string of the molecule is CC(C)(N)Cc1cc(S(C)(=O)=O)ccc1Cl. The van der Waals surface area contributed by atoms with Crippen molar-refractivity contribution in [2.45, 2.75) is 30.7 Å². The van der Waals surface area contributed by atoms with Gasteiger partial charge in [0.05, 0.1) is 4.90 Å². The molecule has 0 bridgehead atoms. The molecule has 1 rings (SSSR count). The number of rotatable bonds is 3. The molecule has 0 aromatic heterocycles. The molecule has 0 spiro atoms. The van der Waals surface area contributed by atoms with Gasteiger partial charge in [-0.15, -0.1) is 0 Å². The number of nitrogens with two attached hydrogens (primary N) is 1. The van der Waals surface area contributed by atoms with E-state index in [1.807, 2.05) is 13.8 Å². The van der Waals surface area contributed by atoms with E-state index in [0.717, 1.165) is 5.56 Å². The maximum Gasteiger partial charge on any atom is 0.175 e. The number of hydrogen-bond donors (Lipinski definition) is 1. The highest BCUT2D eigenvalue weighted by Gasteiger charge is 2.16. The third kappa shape index (κ3) is 3.77. The average molecular weight is 262 g/mol. The fourth-order valence-electron chi connectivity index (χ4n) is 1.41. The van der Waals surface area contributed by atoms with Crippen LogP contribution in [0.25, 0.3) is 0 Å². The van der Waals surface area contributed by atoms with E-state index in [4.69, 9.17) is 17.3 Å². The van der Waals surface area contributed by atoms with Crippen LogP contribution in [-0.4, -0.2) is 20.2 Å². The van der Waals surface area contributed by atoms with E-state index in [1.165, 1.54) is 12.3 Å². The van der Waals surface area contributed by atoms with Crippen LogP contribution < -0.4 is 5.73 Å². The first kappa shape index (κ1) is 13.5. The lowest BCUT2D eigenvalue weighted by molar-refractivity contribution is 0.516. The second-order valence-electron chi connectivity index (χ2n) is 4.69. The molecule has 16 heavy (non-hydrogen) atoms. The number of halogens is 1. The van der Waals surface area contributed by atoms with Gasteiger partial charge in [0, 0.05) is 16.8 Å². The minimum Gasteiger partial charge on any atom is -0.325 e. The van der Waals surface area contributed by atoms with E-state index in [0.29, 0.717) is 11.4 Å². The summed E-state index contributed by atoms with van der Waals surface area (Å²) in [5, 5.41) is 0.547. The van der Waals surface area contributed by atoms with Crippen LogP contribution in [0.5, 0.6) is 0 Å². The van der Waals surface area contributed by atoms with E-state index in [2.05, 4.69) is 0 Å². The largest absolute Gasteiger partial charge is 0.325 e. The molecule has 0 aliphatic heterocycles. The Labute approximate surface area is 102 Å². The predicted molar refractivity (Wildman–Crippen MR) is 66.5 cm³/mol. The Kier molecular flexibility index (Phi) is 3.67. The number of benzene rings is 1. The Hall–Kier alpha value is -0.580. The molecule has 0 fully saturated rings. The predicted octanol–water partition coefficient (Wildman–Crippen LogP) is 2.02. The zero-order valence-electron chi connectivity index (χ0n) is 9.62. The van der Waals surface area contributed by atoms with Crippen LogP contribution >= 0.6 is 11.6 Å². The third-order valence-corrected chi connectivity index (χ3v) is 3.57. The van der Waals surface area contributed by atoms with Gasteiger partial charge in [-0.1, -0.05) is 11.6 Å². The second-order valence-corrected chi connectivity index (χ2v) is 7.11. The first-order valence-electron chi connectivity index (χ1n) is 4.87. The van der Waals surface area contributed by atoms with Gasteiger partial charge in [-0.2, -0.15) is 0 Å². The molecule has 5 heteroatoms. The van der Waals surface area contributed by atoms with E-state index >= 15 is 0 Å². The first-order valence-corrected chi connectivity index (χ1v) is 7.14. The molecule has 1 aromatic rings.